The van der Waals surface area contributed by atoms with Crippen molar-refractivity contribution < 1.29 is 13.2 Å². The Bertz CT molecular complexity index is 573. The fourth-order valence-corrected chi connectivity index (χ4v) is 1.96. The minimum Gasteiger partial charge on any atom is -0.329 e. The molecule has 0 aliphatic carbocycles. The summed E-state index contributed by atoms with van der Waals surface area (Å²) in [6.07, 6.45) is 0. The van der Waals surface area contributed by atoms with E-state index >= 15 is 0 Å². The molecule has 0 bridgehead atoms. The van der Waals surface area contributed by atoms with Crippen LogP contribution in [0, 0.1) is 17.5 Å². The van der Waals surface area contributed by atoms with Crippen LogP contribution < -0.4 is 11.1 Å². The highest BCUT2D eigenvalue weighted by atomic mass is 19.2. The van der Waals surface area contributed by atoms with Crippen molar-refractivity contribution in [3.05, 3.63) is 71.0 Å². The zero-order valence-corrected chi connectivity index (χ0v) is 10.7. The van der Waals surface area contributed by atoms with Crippen molar-refractivity contribution in [2.24, 2.45) is 5.73 Å². The average Bonchev–Trinajstić information content (AvgIpc) is 2.46. The maximum Gasteiger partial charge on any atom is 0.161 e. The highest BCUT2D eigenvalue weighted by Crippen LogP contribution is 2.20. The Morgan fingerprint density at radius 3 is 2.25 bits per heavy atom. The van der Waals surface area contributed by atoms with Crippen LogP contribution in [0.3, 0.4) is 0 Å². The Hall–Kier alpha value is -1.85. The van der Waals surface area contributed by atoms with E-state index in [9.17, 15) is 13.2 Å². The lowest BCUT2D eigenvalue weighted by molar-refractivity contribution is 0.466. The summed E-state index contributed by atoms with van der Waals surface area (Å²) in [6.45, 7) is 0.538. The first-order valence-corrected chi connectivity index (χ1v) is 6.23. The van der Waals surface area contributed by atoms with Crippen LogP contribution in [0.4, 0.5) is 13.2 Å². The van der Waals surface area contributed by atoms with Gasteiger partial charge < -0.3 is 11.1 Å². The number of halogens is 3. The van der Waals surface area contributed by atoms with Gasteiger partial charge in [0.05, 0.1) is 0 Å². The first-order chi connectivity index (χ1) is 9.61. The van der Waals surface area contributed by atoms with Crippen LogP contribution in [-0.2, 0) is 6.54 Å². The Morgan fingerprint density at radius 1 is 0.950 bits per heavy atom. The van der Waals surface area contributed by atoms with Gasteiger partial charge in [-0.25, -0.2) is 13.2 Å². The van der Waals surface area contributed by atoms with Crippen molar-refractivity contribution in [1.82, 2.24) is 5.32 Å². The molecule has 0 saturated carbocycles. The van der Waals surface area contributed by atoms with Gasteiger partial charge in [0.2, 0.25) is 0 Å². The van der Waals surface area contributed by atoms with E-state index in [1.807, 2.05) is 30.3 Å². The average molecular weight is 280 g/mol. The van der Waals surface area contributed by atoms with E-state index in [0.717, 1.165) is 11.6 Å². The molecule has 5 heteroatoms. The van der Waals surface area contributed by atoms with Gasteiger partial charge >= 0.3 is 0 Å². The maximum absolute atomic E-state index is 13.7. The van der Waals surface area contributed by atoms with Crippen LogP contribution in [-0.4, -0.2) is 6.54 Å². The molecule has 0 aliphatic rings. The first kappa shape index (κ1) is 14.6. The largest absolute Gasteiger partial charge is 0.329 e. The monoisotopic (exact) mass is 280 g/mol. The molecule has 0 saturated heterocycles. The number of benzene rings is 2. The Balaban J connectivity index is 2.14. The van der Waals surface area contributed by atoms with Gasteiger partial charge in [-0.3, -0.25) is 0 Å². The maximum atomic E-state index is 13.7. The van der Waals surface area contributed by atoms with Gasteiger partial charge in [0.15, 0.2) is 11.6 Å². The number of rotatable bonds is 5. The molecule has 1 atom stereocenters. The molecule has 1 unspecified atom stereocenters. The highest BCUT2D eigenvalue weighted by molar-refractivity contribution is 5.24. The molecule has 0 aromatic heterocycles. The third kappa shape index (κ3) is 3.37. The predicted molar refractivity (Wildman–Crippen MR) is 71.4 cm³/mol. The molecule has 2 aromatic rings. The van der Waals surface area contributed by atoms with Crippen LogP contribution in [0.25, 0.3) is 0 Å². The van der Waals surface area contributed by atoms with Crippen molar-refractivity contribution in [3.8, 4) is 0 Å². The third-order valence-corrected chi connectivity index (χ3v) is 3.05. The van der Waals surface area contributed by atoms with E-state index in [4.69, 9.17) is 5.73 Å². The van der Waals surface area contributed by atoms with Gasteiger partial charge in [-0.05, 0) is 11.6 Å². The van der Waals surface area contributed by atoms with Crippen molar-refractivity contribution in [3.63, 3.8) is 0 Å². The van der Waals surface area contributed by atoms with Gasteiger partial charge in [0.25, 0.3) is 0 Å². The third-order valence-electron chi connectivity index (χ3n) is 3.05. The van der Waals surface area contributed by atoms with Gasteiger partial charge in [-0.2, -0.15) is 0 Å². The Morgan fingerprint density at radius 2 is 1.60 bits per heavy atom. The zero-order valence-electron chi connectivity index (χ0n) is 10.7. The number of hydrogen-bond donors (Lipinski definition) is 2. The molecule has 0 fully saturated rings. The minimum absolute atomic E-state index is 0.0299. The molecule has 2 aromatic carbocycles. The van der Waals surface area contributed by atoms with Crippen LogP contribution in [0.15, 0.2) is 42.5 Å². The van der Waals surface area contributed by atoms with Crippen LogP contribution in [0.2, 0.25) is 0 Å². The van der Waals surface area contributed by atoms with E-state index in [-0.39, 0.29) is 12.1 Å². The summed E-state index contributed by atoms with van der Waals surface area (Å²) in [7, 11) is 0. The molecule has 0 spiro atoms. The summed E-state index contributed by atoms with van der Waals surface area (Å²) in [4.78, 5) is 0. The zero-order chi connectivity index (χ0) is 14.5. The fourth-order valence-electron chi connectivity index (χ4n) is 1.96. The topological polar surface area (TPSA) is 38.0 Å². The lowest BCUT2D eigenvalue weighted by Crippen LogP contribution is -2.28. The Labute approximate surface area is 115 Å². The van der Waals surface area contributed by atoms with E-state index < -0.39 is 23.5 Å². The van der Waals surface area contributed by atoms with Gasteiger partial charge in [0.1, 0.15) is 5.82 Å². The molecule has 0 radical (unpaired) electrons. The van der Waals surface area contributed by atoms with Crippen molar-refractivity contribution in [2.75, 3.05) is 6.54 Å². The summed E-state index contributed by atoms with van der Waals surface area (Å²) < 4.78 is 39.8. The first-order valence-electron chi connectivity index (χ1n) is 6.23. The quantitative estimate of drug-likeness (QED) is 0.826. The molecule has 0 amide bonds. The van der Waals surface area contributed by atoms with Gasteiger partial charge in [-0.15, -0.1) is 0 Å². The summed E-state index contributed by atoms with van der Waals surface area (Å²) in [6, 6.07) is 10.3. The standard InChI is InChI=1S/C15H15F3N2/c16-12-7-14(18)13(17)6-11(12)15(8-19)20-9-10-4-2-1-3-5-10/h1-7,15,20H,8-9,19H2. The normalized spacial score (nSPS) is 12.4. The molecular weight excluding hydrogens is 265 g/mol. The predicted octanol–water partition coefficient (Wildman–Crippen LogP) is 2.89. The number of hydrogen-bond acceptors (Lipinski definition) is 2. The van der Waals surface area contributed by atoms with E-state index in [0.29, 0.717) is 12.6 Å². The van der Waals surface area contributed by atoms with E-state index in [1.54, 1.807) is 0 Å². The highest BCUT2D eigenvalue weighted by Gasteiger charge is 2.17. The smallest absolute Gasteiger partial charge is 0.161 e. The second-order valence-electron chi connectivity index (χ2n) is 4.44. The van der Waals surface area contributed by atoms with E-state index in [1.165, 1.54) is 0 Å². The summed E-state index contributed by atoms with van der Waals surface area (Å²) in [5.41, 5.74) is 6.60. The second-order valence-corrected chi connectivity index (χ2v) is 4.44. The molecule has 20 heavy (non-hydrogen) atoms. The molecule has 3 N–H and O–H groups in total. The van der Waals surface area contributed by atoms with Crippen LogP contribution in [0.5, 0.6) is 0 Å². The minimum atomic E-state index is -1.20. The van der Waals surface area contributed by atoms with Crippen molar-refractivity contribution in [2.45, 2.75) is 12.6 Å². The number of nitrogens with one attached hydrogen (secondary N) is 1. The number of nitrogens with two attached hydrogens (primary N) is 1. The molecule has 2 rings (SSSR count). The van der Waals surface area contributed by atoms with Gasteiger partial charge in [0, 0.05) is 30.8 Å². The van der Waals surface area contributed by atoms with Crippen molar-refractivity contribution >= 4 is 0 Å². The second kappa shape index (κ2) is 6.54. The molecule has 0 heterocycles. The summed E-state index contributed by atoms with van der Waals surface area (Å²) in [5.74, 6) is -3.09. The summed E-state index contributed by atoms with van der Waals surface area (Å²) in [5, 5.41) is 3.04. The molecule has 0 aliphatic heterocycles. The van der Waals surface area contributed by atoms with Crippen LogP contribution in [0.1, 0.15) is 17.2 Å². The fraction of sp³-hybridized carbons (Fsp3) is 0.200. The SMILES string of the molecule is NCC(NCc1ccccc1)c1cc(F)c(F)cc1F. The molecular formula is C15H15F3N2. The lowest BCUT2D eigenvalue weighted by Gasteiger charge is -2.18. The van der Waals surface area contributed by atoms with Crippen molar-refractivity contribution in [1.29, 1.82) is 0 Å². The van der Waals surface area contributed by atoms with Crippen LogP contribution >= 0.6 is 0 Å². The molecule has 2 nitrogen and oxygen atoms in total. The summed E-state index contributed by atoms with van der Waals surface area (Å²) >= 11 is 0. The molecule has 106 valence electrons. The van der Waals surface area contributed by atoms with Gasteiger partial charge in [-0.1, -0.05) is 30.3 Å². The Kier molecular flexibility index (Phi) is 4.76. The lowest BCUT2D eigenvalue weighted by atomic mass is 10.1. The van der Waals surface area contributed by atoms with E-state index in [2.05, 4.69) is 5.32 Å².